The minimum absolute atomic E-state index is 0.0495. The molecule has 2 N–H and O–H groups in total. The standard InChI is InChI=1S/C13H13N5O3/c1-14-13(19)11-6-7-12(17-16-11)15-8-9-2-4-10(5-3-9)18(20)21/h2-7H,8H2,1H3,(H,14,19)(H,15,17). The molecule has 1 amide bonds. The number of nitro benzene ring substituents is 1. The Morgan fingerprint density at radius 3 is 2.43 bits per heavy atom. The van der Waals surface area contributed by atoms with Crippen molar-refractivity contribution in [1.82, 2.24) is 15.5 Å². The molecule has 108 valence electrons. The van der Waals surface area contributed by atoms with Gasteiger partial charge in [-0.25, -0.2) is 0 Å². The van der Waals surface area contributed by atoms with Crippen molar-refractivity contribution in [1.29, 1.82) is 0 Å². The van der Waals surface area contributed by atoms with Crippen LogP contribution in [0.2, 0.25) is 0 Å². The second-order valence-corrected chi connectivity index (χ2v) is 4.16. The fraction of sp³-hybridized carbons (Fsp3) is 0.154. The second kappa shape index (κ2) is 6.42. The summed E-state index contributed by atoms with van der Waals surface area (Å²) in [7, 11) is 1.52. The third-order valence-corrected chi connectivity index (χ3v) is 2.75. The van der Waals surface area contributed by atoms with Crippen LogP contribution in [-0.4, -0.2) is 28.1 Å². The number of carbonyl (C=O) groups excluding carboxylic acids is 1. The van der Waals surface area contributed by atoms with Gasteiger partial charge in [-0.05, 0) is 17.7 Å². The van der Waals surface area contributed by atoms with Gasteiger partial charge in [0.15, 0.2) is 5.69 Å². The molecule has 0 fully saturated rings. The summed E-state index contributed by atoms with van der Waals surface area (Å²) in [5.41, 5.74) is 1.16. The van der Waals surface area contributed by atoms with Gasteiger partial charge in [0.2, 0.25) is 0 Å². The number of anilines is 1. The van der Waals surface area contributed by atoms with Crippen molar-refractivity contribution in [2.75, 3.05) is 12.4 Å². The Balaban J connectivity index is 1.96. The van der Waals surface area contributed by atoms with Gasteiger partial charge in [0, 0.05) is 25.7 Å². The Kier molecular flexibility index (Phi) is 4.39. The largest absolute Gasteiger partial charge is 0.365 e. The van der Waals surface area contributed by atoms with Crippen molar-refractivity contribution in [3.8, 4) is 0 Å². The average Bonchev–Trinajstić information content (AvgIpc) is 2.53. The number of nitro groups is 1. The minimum Gasteiger partial charge on any atom is -0.365 e. The van der Waals surface area contributed by atoms with E-state index in [-0.39, 0.29) is 17.3 Å². The van der Waals surface area contributed by atoms with Gasteiger partial charge < -0.3 is 10.6 Å². The monoisotopic (exact) mass is 287 g/mol. The van der Waals surface area contributed by atoms with Crippen LogP contribution >= 0.6 is 0 Å². The molecule has 2 rings (SSSR count). The van der Waals surface area contributed by atoms with E-state index in [4.69, 9.17) is 0 Å². The van der Waals surface area contributed by atoms with Crippen LogP contribution in [0.4, 0.5) is 11.5 Å². The lowest BCUT2D eigenvalue weighted by atomic mass is 10.2. The zero-order valence-electron chi connectivity index (χ0n) is 11.2. The summed E-state index contributed by atoms with van der Waals surface area (Å²) in [6.07, 6.45) is 0. The molecule has 0 unspecified atom stereocenters. The maximum Gasteiger partial charge on any atom is 0.271 e. The molecule has 0 bridgehead atoms. The fourth-order valence-corrected chi connectivity index (χ4v) is 1.60. The van der Waals surface area contributed by atoms with E-state index in [0.717, 1.165) is 5.56 Å². The normalized spacial score (nSPS) is 9.95. The minimum atomic E-state index is -0.444. The Morgan fingerprint density at radius 1 is 1.19 bits per heavy atom. The smallest absolute Gasteiger partial charge is 0.271 e. The van der Waals surface area contributed by atoms with Gasteiger partial charge in [0.05, 0.1) is 4.92 Å². The molecule has 0 aliphatic carbocycles. The number of rotatable bonds is 5. The summed E-state index contributed by atoms with van der Waals surface area (Å²) in [5.74, 6) is 0.213. The summed E-state index contributed by atoms with van der Waals surface area (Å²) in [4.78, 5) is 21.4. The first kappa shape index (κ1) is 14.4. The Bertz CT molecular complexity index is 640. The lowest BCUT2D eigenvalue weighted by Gasteiger charge is -2.05. The number of non-ortho nitro benzene ring substituents is 1. The fourth-order valence-electron chi connectivity index (χ4n) is 1.60. The van der Waals surface area contributed by atoms with Crippen molar-refractivity contribution < 1.29 is 9.72 Å². The Labute approximate surface area is 120 Å². The van der Waals surface area contributed by atoms with Crippen LogP contribution in [0, 0.1) is 10.1 Å². The molecule has 0 aliphatic heterocycles. The summed E-state index contributed by atoms with van der Waals surface area (Å²) in [6.45, 7) is 0.450. The molecule has 8 heteroatoms. The van der Waals surface area contributed by atoms with Gasteiger partial charge in [0.1, 0.15) is 5.82 Å². The molecule has 21 heavy (non-hydrogen) atoms. The topological polar surface area (TPSA) is 110 Å². The summed E-state index contributed by atoms with van der Waals surface area (Å²) in [6, 6.07) is 9.41. The van der Waals surface area contributed by atoms with E-state index in [0.29, 0.717) is 12.4 Å². The third kappa shape index (κ3) is 3.72. The lowest BCUT2D eigenvalue weighted by Crippen LogP contribution is -2.19. The number of benzene rings is 1. The van der Waals surface area contributed by atoms with E-state index >= 15 is 0 Å². The van der Waals surface area contributed by atoms with Gasteiger partial charge in [-0.2, -0.15) is 0 Å². The number of nitrogens with zero attached hydrogens (tertiary/aromatic N) is 3. The molecule has 8 nitrogen and oxygen atoms in total. The molecule has 0 atom stereocenters. The van der Waals surface area contributed by atoms with E-state index in [9.17, 15) is 14.9 Å². The van der Waals surface area contributed by atoms with Crippen LogP contribution < -0.4 is 10.6 Å². The second-order valence-electron chi connectivity index (χ2n) is 4.16. The first-order valence-corrected chi connectivity index (χ1v) is 6.13. The molecular weight excluding hydrogens is 274 g/mol. The Morgan fingerprint density at radius 2 is 1.90 bits per heavy atom. The van der Waals surface area contributed by atoms with Gasteiger partial charge >= 0.3 is 0 Å². The maximum absolute atomic E-state index is 11.3. The Hall–Kier alpha value is -3.03. The molecule has 0 saturated heterocycles. The lowest BCUT2D eigenvalue weighted by molar-refractivity contribution is -0.384. The summed E-state index contributed by atoms with van der Waals surface area (Å²) >= 11 is 0. The molecule has 0 radical (unpaired) electrons. The van der Waals surface area contributed by atoms with E-state index in [1.165, 1.54) is 19.2 Å². The van der Waals surface area contributed by atoms with Crippen LogP contribution in [0.15, 0.2) is 36.4 Å². The van der Waals surface area contributed by atoms with Gasteiger partial charge in [0.25, 0.3) is 11.6 Å². The third-order valence-electron chi connectivity index (χ3n) is 2.75. The first-order chi connectivity index (χ1) is 10.1. The molecule has 1 aromatic carbocycles. The quantitative estimate of drug-likeness (QED) is 0.634. The number of carbonyl (C=O) groups is 1. The van der Waals surface area contributed by atoms with Gasteiger partial charge in [-0.15, -0.1) is 10.2 Å². The molecule has 0 saturated carbocycles. The predicted molar refractivity (Wildman–Crippen MR) is 75.8 cm³/mol. The number of aromatic nitrogens is 2. The summed E-state index contributed by atoms with van der Waals surface area (Å²) < 4.78 is 0. The highest BCUT2D eigenvalue weighted by molar-refractivity contribution is 5.91. The van der Waals surface area contributed by atoms with Crippen LogP contribution in [0.1, 0.15) is 16.1 Å². The molecule has 0 aliphatic rings. The average molecular weight is 287 g/mol. The molecule has 1 aromatic heterocycles. The SMILES string of the molecule is CNC(=O)c1ccc(NCc2ccc([N+](=O)[O-])cc2)nn1. The van der Waals surface area contributed by atoms with Crippen molar-refractivity contribution in [3.05, 3.63) is 57.8 Å². The van der Waals surface area contributed by atoms with Crippen molar-refractivity contribution in [3.63, 3.8) is 0 Å². The predicted octanol–water partition coefficient (Wildman–Crippen LogP) is 1.36. The molecule has 0 spiro atoms. The van der Waals surface area contributed by atoms with Crippen LogP contribution in [0.25, 0.3) is 0 Å². The molecule has 2 aromatic rings. The van der Waals surface area contributed by atoms with E-state index < -0.39 is 4.92 Å². The van der Waals surface area contributed by atoms with Crippen LogP contribution in [-0.2, 0) is 6.54 Å². The highest BCUT2D eigenvalue weighted by Gasteiger charge is 2.06. The highest BCUT2D eigenvalue weighted by atomic mass is 16.6. The molecular formula is C13H13N5O3. The van der Waals surface area contributed by atoms with Gasteiger partial charge in [-0.3, -0.25) is 14.9 Å². The maximum atomic E-state index is 11.3. The zero-order chi connectivity index (χ0) is 15.2. The summed E-state index contributed by atoms with van der Waals surface area (Å²) in [5, 5.41) is 23.7. The number of nitrogens with one attached hydrogen (secondary N) is 2. The number of hydrogen-bond donors (Lipinski definition) is 2. The van der Waals surface area contributed by atoms with E-state index in [1.54, 1.807) is 24.3 Å². The van der Waals surface area contributed by atoms with Gasteiger partial charge in [-0.1, -0.05) is 12.1 Å². The van der Waals surface area contributed by atoms with Crippen molar-refractivity contribution >= 4 is 17.4 Å². The van der Waals surface area contributed by atoms with E-state index in [2.05, 4.69) is 20.8 Å². The number of hydrogen-bond acceptors (Lipinski definition) is 6. The van der Waals surface area contributed by atoms with E-state index in [1.807, 2.05) is 0 Å². The van der Waals surface area contributed by atoms with Crippen LogP contribution in [0.3, 0.4) is 0 Å². The number of amides is 1. The van der Waals surface area contributed by atoms with Crippen molar-refractivity contribution in [2.24, 2.45) is 0 Å². The highest BCUT2D eigenvalue weighted by Crippen LogP contribution is 2.13. The van der Waals surface area contributed by atoms with Crippen molar-refractivity contribution in [2.45, 2.75) is 6.54 Å². The van der Waals surface area contributed by atoms with Crippen LogP contribution in [0.5, 0.6) is 0 Å². The molecule has 1 heterocycles. The zero-order valence-corrected chi connectivity index (χ0v) is 11.2. The first-order valence-electron chi connectivity index (χ1n) is 6.13.